The van der Waals surface area contributed by atoms with E-state index in [1.165, 1.54) is 5.56 Å². The van der Waals surface area contributed by atoms with E-state index >= 15 is 0 Å². The second-order valence-corrected chi connectivity index (χ2v) is 6.72. The average molecular weight is 382 g/mol. The van der Waals surface area contributed by atoms with Crippen molar-refractivity contribution in [2.45, 2.75) is 13.5 Å². The zero-order chi connectivity index (χ0) is 19.9. The Morgan fingerprint density at radius 2 is 1.71 bits per heavy atom. The Bertz CT molecular complexity index is 787. The predicted octanol–water partition coefficient (Wildman–Crippen LogP) is 2.63. The van der Waals surface area contributed by atoms with E-state index in [9.17, 15) is 9.59 Å². The highest BCUT2D eigenvalue weighted by atomic mass is 16.6. The summed E-state index contributed by atoms with van der Waals surface area (Å²) in [4.78, 5) is 34.3. The van der Waals surface area contributed by atoms with Gasteiger partial charge in [0.15, 0.2) is 0 Å². The zero-order valence-electron chi connectivity index (χ0n) is 16.4. The topological polar surface area (TPSA) is 66.0 Å². The second kappa shape index (κ2) is 9.21. The van der Waals surface area contributed by atoms with Crippen LogP contribution in [0.25, 0.3) is 0 Å². The molecule has 2 aromatic rings. The van der Waals surface area contributed by atoms with Crippen molar-refractivity contribution in [3.8, 4) is 0 Å². The van der Waals surface area contributed by atoms with E-state index in [0.29, 0.717) is 38.5 Å². The van der Waals surface area contributed by atoms with Gasteiger partial charge in [-0.2, -0.15) is 0 Å². The number of amides is 2. The molecule has 2 amide bonds. The number of nitrogens with zero attached hydrogens (tertiary/aromatic N) is 4. The summed E-state index contributed by atoms with van der Waals surface area (Å²) in [5, 5.41) is 0. The van der Waals surface area contributed by atoms with Gasteiger partial charge in [0.05, 0.1) is 18.5 Å². The molecule has 1 aromatic heterocycles. The molecule has 3 rings (SSSR count). The summed E-state index contributed by atoms with van der Waals surface area (Å²) in [5.41, 5.74) is 2.58. The molecule has 7 nitrogen and oxygen atoms in total. The molecule has 28 heavy (non-hydrogen) atoms. The largest absolute Gasteiger partial charge is 0.450 e. The Kier molecular flexibility index (Phi) is 6.47. The maximum Gasteiger partial charge on any atom is 0.409 e. The Hall–Kier alpha value is -3.09. The highest BCUT2D eigenvalue weighted by Crippen LogP contribution is 2.16. The first-order valence-electron chi connectivity index (χ1n) is 9.50. The van der Waals surface area contributed by atoms with Gasteiger partial charge in [-0.05, 0) is 24.6 Å². The molecule has 148 valence electrons. The summed E-state index contributed by atoms with van der Waals surface area (Å²) in [5.74, 6) is -0.110. The summed E-state index contributed by atoms with van der Waals surface area (Å²) in [6.07, 6.45) is 1.41. The normalized spacial score (nSPS) is 13.9. The van der Waals surface area contributed by atoms with Crippen LogP contribution in [0.15, 0.2) is 48.7 Å². The first-order valence-corrected chi connectivity index (χ1v) is 9.50. The first kappa shape index (κ1) is 19.7. The number of carbonyl (C=O) groups is 2. The van der Waals surface area contributed by atoms with Crippen molar-refractivity contribution in [2.24, 2.45) is 0 Å². The highest BCUT2D eigenvalue weighted by Gasteiger charge is 2.26. The molecule has 2 heterocycles. The van der Waals surface area contributed by atoms with Gasteiger partial charge in [0.25, 0.3) is 5.91 Å². The van der Waals surface area contributed by atoms with Crippen LogP contribution < -0.4 is 4.90 Å². The molecule has 0 aliphatic carbocycles. The Morgan fingerprint density at radius 3 is 2.32 bits per heavy atom. The van der Waals surface area contributed by atoms with Crippen LogP contribution in [0.2, 0.25) is 0 Å². The third-order valence-corrected chi connectivity index (χ3v) is 4.76. The molecular weight excluding hydrogens is 356 g/mol. The molecule has 1 fully saturated rings. The number of anilines is 1. The van der Waals surface area contributed by atoms with Crippen LogP contribution in [0.5, 0.6) is 0 Å². The third kappa shape index (κ3) is 4.79. The minimum absolute atomic E-state index is 0.110. The monoisotopic (exact) mass is 382 g/mol. The molecule has 0 N–H and O–H groups in total. The van der Waals surface area contributed by atoms with E-state index in [2.05, 4.69) is 22.0 Å². The van der Waals surface area contributed by atoms with Crippen LogP contribution in [-0.2, 0) is 11.3 Å². The van der Waals surface area contributed by atoms with Crippen molar-refractivity contribution < 1.29 is 14.3 Å². The van der Waals surface area contributed by atoms with Crippen LogP contribution in [-0.4, -0.2) is 66.6 Å². The van der Waals surface area contributed by atoms with Gasteiger partial charge >= 0.3 is 6.09 Å². The van der Waals surface area contributed by atoms with E-state index in [0.717, 1.165) is 12.2 Å². The van der Waals surface area contributed by atoms with Crippen molar-refractivity contribution in [1.82, 2.24) is 14.8 Å². The number of ether oxygens (including phenoxy) is 1. The number of piperazine rings is 1. The average Bonchev–Trinajstić information content (AvgIpc) is 2.74. The van der Waals surface area contributed by atoms with Crippen LogP contribution >= 0.6 is 0 Å². The third-order valence-electron chi connectivity index (χ3n) is 4.76. The van der Waals surface area contributed by atoms with E-state index < -0.39 is 0 Å². The smallest absolute Gasteiger partial charge is 0.409 e. The van der Waals surface area contributed by atoms with Crippen molar-refractivity contribution in [2.75, 3.05) is 44.7 Å². The fraction of sp³-hybridized carbons (Fsp3) is 0.381. The van der Waals surface area contributed by atoms with Crippen molar-refractivity contribution in [1.29, 1.82) is 0 Å². The van der Waals surface area contributed by atoms with E-state index in [-0.39, 0.29) is 12.0 Å². The van der Waals surface area contributed by atoms with Crippen LogP contribution in [0.3, 0.4) is 0 Å². The van der Waals surface area contributed by atoms with Gasteiger partial charge in [-0.15, -0.1) is 0 Å². The summed E-state index contributed by atoms with van der Waals surface area (Å²) in [6, 6.07) is 13.9. The number of carbonyl (C=O) groups excluding carboxylic acids is 2. The van der Waals surface area contributed by atoms with E-state index in [4.69, 9.17) is 4.74 Å². The number of pyridine rings is 1. The van der Waals surface area contributed by atoms with Gasteiger partial charge in [0.2, 0.25) is 0 Å². The van der Waals surface area contributed by atoms with Crippen molar-refractivity contribution in [3.05, 3.63) is 59.9 Å². The van der Waals surface area contributed by atoms with Gasteiger partial charge in [0.1, 0.15) is 5.69 Å². The lowest BCUT2D eigenvalue weighted by molar-refractivity contribution is 0.0566. The standard InChI is InChI=1S/C21H26N4O3/c1-3-28-21(27)25-13-11-24(12-14-25)20(26)19-10-9-18(15-22-19)23(2)16-17-7-5-4-6-8-17/h4-10,15H,3,11-14,16H2,1-2H3. The quantitative estimate of drug-likeness (QED) is 0.795. The summed E-state index contributed by atoms with van der Waals surface area (Å²) in [6.45, 7) is 4.82. The van der Waals surface area contributed by atoms with E-state index in [1.54, 1.807) is 29.0 Å². The Balaban J connectivity index is 1.56. The Morgan fingerprint density at radius 1 is 1.04 bits per heavy atom. The molecule has 0 unspecified atom stereocenters. The molecule has 1 aliphatic rings. The molecular formula is C21H26N4O3. The first-order chi connectivity index (χ1) is 13.6. The molecule has 0 radical (unpaired) electrons. The van der Waals surface area contributed by atoms with Gasteiger partial charge in [-0.25, -0.2) is 9.78 Å². The molecule has 1 aromatic carbocycles. The summed E-state index contributed by atoms with van der Waals surface area (Å²) >= 11 is 0. The number of benzene rings is 1. The number of rotatable bonds is 5. The maximum absolute atomic E-state index is 12.7. The van der Waals surface area contributed by atoms with Crippen molar-refractivity contribution >= 4 is 17.7 Å². The number of hydrogen-bond acceptors (Lipinski definition) is 5. The summed E-state index contributed by atoms with van der Waals surface area (Å²) in [7, 11) is 2.00. The summed E-state index contributed by atoms with van der Waals surface area (Å²) < 4.78 is 5.01. The number of hydrogen-bond donors (Lipinski definition) is 0. The minimum Gasteiger partial charge on any atom is -0.450 e. The van der Waals surface area contributed by atoms with Gasteiger partial charge < -0.3 is 19.4 Å². The molecule has 0 spiro atoms. The lowest BCUT2D eigenvalue weighted by Gasteiger charge is -2.33. The maximum atomic E-state index is 12.7. The van der Waals surface area contributed by atoms with Crippen molar-refractivity contribution in [3.63, 3.8) is 0 Å². The fourth-order valence-electron chi connectivity index (χ4n) is 3.16. The molecule has 1 aliphatic heterocycles. The lowest BCUT2D eigenvalue weighted by atomic mass is 10.2. The Labute approximate surface area is 165 Å². The SMILES string of the molecule is CCOC(=O)N1CCN(C(=O)c2ccc(N(C)Cc3ccccc3)cn2)CC1. The van der Waals surface area contributed by atoms with Gasteiger partial charge in [0, 0.05) is 39.8 Å². The zero-order valence-corrected chi connectivity index (χ0v) is 16.4. The minimum atomic E-state index is -0.321. The van der Waals surface area contributed by atoms with Crippen LogP contribution in [0.1, 0.15) is 23.0 Å². The van der Waals surface area contributed by atoms with Gasteiger partial charge in [-0.1, -0.05) is 30.3 Å². The van der Waals surface area contributed by atoms with Crippen LogP contribution in [0.4, 0.5) is 10.5 Å². The van der Waals surface area contributed by atoms with Crippen LogP contribution in [0, 0.1) is 0 Å². The molecule has 7 heteroatoms. The predicted molar refractivity (Wildman–Crippen MR) is 107 cm³/mol. The lowest BCUT2D eigenvalue weighted by Crippen LogP contribution is -2.50. The van der Waals surface area contributed by atoms with E-state index in [1.807, 2.05) is 31.3 Å². The van der Waals surface area contributed by atoms with Gasteiger partial charge in [-0.3, -0.25) is 4.79 Å². The molecule has 1 saturated heterocycles. The molecule has 0 saturated carbocycles. The number of aromatic nitrogens is 1. The second-order valence-electron chi connectivity index (χ2n) is 6.72. The fourth-order valence-corrected chi connectivity index (χ4v) is 3.16. The molecule has 0 bridgehead atoms. The highest BCUT2D eigenvalue weighted by molar-refractivity contribution is 5.92. The molecule has 0 atom stereocenters.